The van der Waals surface area contributed by atoms with E-state index in [1.165, 1.54) is 29.8 Å². The van der Waals surface area contributed by atoms with Crippen molar-refractivity contribution in [2.45, 2.75) is 44.8 Å². The SMILES string of the molecule is CC(Oc1ccc(F)cc1)C(=O)N1CCCC(c2ncc3c(n2)CCNC3)C1. The Morgan fingerprint density at radius 3 is 3.00 bits per heavy atom. The van der Waals surface area contributed by atoms with Crippen LogP contribution in [0.3, 0.4) is 0 Å². The summed E-state index contributed by atoms with van der Waals surface area (Å²) >= 11 is 0. The summed E-state index contributed by atoms with van der Waals surface area (Å²) in [5, 5.41) is 3.33. The summed E-state index contributed by atoms with van der Waals surface area (Å²) in [5.74, 6) is 1.09. The van der Waals surface area contributed by atoms with E-state index in [-0.39, 0.29) is 17.6 Å². The average Bonchev–Trinajstić information content (AvgIpc) is 2.74. The molecule has 2 unspecified atom stereocenters. The van der Waals surface area contributed by atoms with E-state index in [0.717, 1.165) is 43.9 Å². The fourth-order valence-electron chi connectivity index (χ4n) is 3.86. The molecular formula is C21H25FN4O2. The maximum atomic E-state index is 13.0. The van der Waals surface area contributed by atoms with Gasteiger partial charge in [0.05, 0.1) is 0 Å². The van der Waals surface area contributed by atoms with Crippen LogP contribution in [0.2, 0.25) is 0 Å². The van der Waals surface area contributed by atoms with Crippen LogP contribution in [-0.2, 0) is 17.8 Å². The molecule has 1 amide bonds. The number of amides is 1. The predicted octanol–water partition coefficient (Wildman–Crippen LogP) is 2.43. The Labute approximate surface area is 164 Å². The Morgan fingerprint density at radius 2 is 2.18 bits per heavy atom. The van der Waals surface area contributed by atoms with Crippen LogP contribution in [0.4, 0.5) is 4.39 Å². The van der Waals surface area contributed by atoms with E-state index >= 15 is 0 Å². The molecule has 2 atom stereocenters. The third-order valence-corrected chi connectivity index (χ3v) is 5.40. The van der Waals surface area contributed by atoms with E-state index in [2.05, 4.69) is 10.3 Å². The number of hydrogen-bond donors (Lipinski definition) is 1. The first kappa shape index (κ1) is 18.8. The van der Waals surface area contributed by atoms with E-state index in [0.29, 0.717) is 18.8 Å². The van der Waals surface area contributed by atoms with Crippen LogP contribution in [0.5, 0.6) is 5.75 Å². The molecule has 1 fully saturated rings. The Bertz CT molecular complexity index is 843. The van der Waals surface area contributed by atoms with Gasteiger partial charge in [0.1, 0.15) is 17.4 Å². The van der Waals surface area contributed by atoms with Crippen molar-refractivity contribution in [3.05, 3.63) is 53.4 Å². The summed E-state index contributed by atoms with van der Waals surface area (Å²) in [6, 6.07) is 5.72. The molecule has 1 saturated heterocycles. The first-order valence-corrected chi connectivity index (χ1v) is 9.86. The van der Waals surface area contributed by atoms with E-state index in [9.17, 15) is 9.18 Å². The highest BCUT2D eigenvalue weighted by atomic mass is 19.1. The molecule has 3 heterocycles. The summed E-state index contributed by atoms with van der Waals surface area (Å²) in [5.41, 5.74) is 2.29. The van der Waals surface area contributed by atoms with Crippen LogP contribution in [-0.4, -0.2) is 46.5 Å². The van der Waals surface area contributed by atoms with Gasteiger partial charge in [0.25, 0.3) is 5.91 Å². The van der Waals surface area contributed by atoms with Crippen molar-refractivity contribution in [3.63, 3.8) is 0 Å². The zero-order chi connectivity index (χ0) is 19.5. The van der Waals surface area contributed by atoms with Gasteiger partial charge in [-0.1, -0.05) is 0 Å². The fourth-order valence-corrected chi connectivity index (χ4v) is 3.86. The third-order valence-electron chi connectivity index (χ3n) is 5.40. The minimum atomic E-state index is -0.625. The highest BCUT2D eigenvalue weighted by molar-refractivity contribution is 5.81. The van der Waals surface area contributed by atoms with Gasteiger partial charge in [-0.2, -0.15) is 0 Å². The summed E-state index contributed by atoms with van der Waals surface area (Å²) in [6.45, 7) is 4.81. The first-order valence-electron chi connectivity index (χ1n) is 9.86. The molecule has 0 saturated carbocycles. The van der Waals surface area contributed by atoms with Gasteiger partial charge < -0.3 is 15.0 Å². The Balaban J connectivity index is 1.41. The topological polar surface area (TPSA) is 67.3 Å². The fraction of sp³-hybridized carbons (Fsp3) is 0.476. The predicted molar refractivity (Wildman–Crippen MR) is 102 cm³/mol. The molecule has 1 aromatic carbocycles. The van der Waals surface area contributed by atoms with E-state index in [1.807, 2.05) is 11.1 Å². The zero-order valence-electron chi connectivity index (χ0n) is 16.0. The van der Waals surface area contributed by atoms with Gasteiger partial charge in [0.15, 0.2) is 6.10 Å². The molecule has 0 bridgehead atoms. The van der Waals surface area contributed by atoms with Crippen molar-refractivity contribution < 1.29 is 13.9 Å². The van der Waals surface area contributed by atoms with Gasteiger partial charge in [0, 0.05) is 56.0 Å². The second kappa shape index (κ2) is 8.22. The quantitative estimate of drug-likeness (QED) is 0.877. The van der Waals surface area contributed by atoms with Crippen LogP contribution >= 0.6 is 0 Å². The van der Waals surface area contributed by atoms with Crippen LogP contribution in [0, 0.1) is 5.82 Å². The molecule has 0 spiro atoms. The molecule has 6 nitrogen and oxygen atoms in total. The lowest BCUT2D eigenvalue weighted by Gasteiger charge is -2.34. The van der Waals surface area contributed by atoms with Gasteiger partial charge in [-0.05, 0) is 44.0 Å². The lowest BCUT2D eigenvalue weighted by atomic mass is 9.96. The number of piperidine rings is 1. The highest BCUT2D eigenvalue weighted by Crippen LogP contribution is 2.26. The third kappa shape index (κ3) is 4.14. The summed E-state index contributed by atoms with van der Waals surface area (Å²) < 4.78 is 18.7. The molecule has 2 aliphatic rings. The molecule has 28 heavy (non-hydrogen) atoms. The number of hydrogen-bond acceptors (Lipinski definition) is 5. The minimum absolute atomic E-state index is 0.0591. The van der Waals surface area contributed by atoms with Crippen molar-refractivity contribution in [2.24, 2.45) is 0 Å². The van der Waals surface area contributed by atoms with Crippen molar-refractivity contribution in [1.82, 2.24) is 20.2 Å². The maximum absolute atomic E-state index is 13.0. The Kier molecular flexibility index (Phi) is 5.52. The monoisotopic (exact) mass is 384 g/mol. The summed E-state index contributed by atoms with van der Waals surface area (Å²) in [7, 11) is 0. The number of nitrogens with one attached hydrogen (secondary N) is 1. The number of fused-ring (bicyclic) bond motifs is 1. The zero-order valence-corrected chi connectivity index (χ0v) is 16.0. The van der Waals surface area contributed by atoms with E-state index in [4.69, 9.17) is 9.72 Å². The van der Waals surface area contributed by atoms with Crippen molar-refractivity contribution in [1.29, 1.82) is 0 Å². The number of likely N-dealkylation sites (tertiary alicyclic amines) is 1. The van der Waals surface area contributed by atoms with Gasteiger partial charge in [-0.25, -0.2) is 14.4 Å². The Morgan fingerprint density at radius 1 is 1.36 bits per heavy atom. The molecule has 2 aromatic rings. The van der Waals surface area contributed by atoms with E-state index in [1.54, 1.807) is 6.92 Å². The van der Waals surface area contributed by atoms with Crippen molar-refractivity contribution in [3.8, 4) is 5.75 Å². The van der Waals surface area contributed by atoms with Crippen LogP contribution in [0.1, 0.15) is 42.8 Å². The van der Waals surface area contributed by atoms with E-state index < -0.39 is 6.10 Å². The van der Waals surface area contributed by atoms with Gasteiger partial charge in [-0.15, -0.1) is 0 Å². The summed E-state index contributed by atoms with van der Waals surface area (Å²) in [6.07, 6.45) is 4.11. The number of carbonyl (C=O) groups is 1. The molecule has 2 aliphatic heterocycles. The van der Waals surface area contributed by atoms with Crippen LogP contribution in [0.15, 0.2) is 30.5 Å². The molecule has 7 heteroatoms. The van der Waals surface area contributed by atoms with Gasteiger partial charge in [-0.3, -0.25) is 4.79 Å². The smallest absolute Gasteiger partial charge is 0.263 e. The lowest BCUT2D eigenvalue weighted by Crippen LogP contribution is -2.45. The second-order valence-corrected chi connectivity index (χ2v) is 7.46. The van der Waals surface area contributed by atoms with Crippen molar-refractivity contribution >= 4 is 5.91 Å². The lowest BCUT2D eigenvalue weighted by molar-refractivity contribution is -0.139. The number of ether oxygens (including phenoxy) is 1. The number of halogens is 1. The largest absolute Gasteiger partial charge is 0.481 e. The normalized spacial score (nSPS) is 20.4. The highest BCUT2D eigenvalue weighted by Gasteiger charge is 2.30. The minimum Gasteiger partial charge on any atom is -0.481 e. The number of rotatable bonds is 4. The molecule has 148 valence electrons. The molecule has 4 rings (SSSR count). The number of benzene rings is 1. The van der Waals surface area contributed by atoms with Crippen molar-refractivity contribution in [2.75, 3.05) is 19.6 Å². The van der Waals surface area contributed by atoms with Gasteiger partial charge >= 0.3 is 0 Å². The first-order chi connectivity index (χ1) is 13.6. The van der Waals surface area contributed by atoms with Crippen LogP contribution < -0.4 is 10.1 Å². The van der Waals surface area contributed by atoms with Gasteiger partial charge in [0.2, 0.25) is 0 Å². The Hall–Kier alpha value is -2.54. The number of nitrogens with zero attached hydrogens (tertiary/aromatic N) is 3. The number of carbonyl (C=O) groups excluding carboxylic acids is 1. The standard InChI is InChI=1S/C21H25FN4O2/c1-14(28-18-6-4-17(22)5-7-18)21(27)26-10-2-3-15(13-26)20-24-12-16-11-23-9-8-19(16)25-20/h4-7,12,14-15,23H,2-3,8-11,13H2,1H3. The maximum Gasteiger partial charge on any atom is 0.263 e. The second-order valence-electron chi connectivity index (χ2n) is 7.46. The molecule has 0 aliphatic carbocycles. The molecular weight excluding hydrogens is 359 g/mol. The average molecular weight is 384 g/mol. The summed E-state index contributed by atoms with van der Waals surface area (Å²) in [4.78, 5) is 24.1. The number of aromatic nitrogens is 2. The molecule has 0 radical (unpaired) electrons. The van der Waals surface area contributed by atoms with Crippen LogP contribution in [0.25, 0.3) is 0 Å². The molecule has 1 N–H and O–H groups in total. The molecule has 1 aromatic heterocycles.